The molecule has 1 unspecified atom stereocenters. The Labute approximate surface area is 101 Å². The molecule has 2 rings (SSSR count). The van der Waals surface area contributed by atoms with Crippen molar-refractivity contribution in [1.29, 1.82) is 0 Å². The van der Waals surface area contributed by atoms with Crippen LogP contribution in [-0.2, 0) is 7.05 Å². The summed E-state index contributed by atoms with van der Waals surface area (Å²) in [5.41, 5.74) is 2.76. The summed E-state index contributed by atoms with van der Waals surface area (Å²) in [6, 6.07) is 9.64. The van der Waals surface area contributed by atoms with Crippen molar-refractivity contribution in [2.45, 2.75) is 13.0 Å². The van der Waals surface area contributed by atoms with E-state index >= 15 is 0 Å². The monoisotopic (exact) mass is 231 g/mol. The van der Waals surface area contributed by atoms with Gasteiger partial charge in [0.1, 0.15) is 11.9 Å². The topological polar surface area (TPSA) is 34.4 Å². The SMILES string of the molecule is COc1ccc(C)cc1C(O)c1cccn1C. The lowest BCUT2D eigenvalue weighted by Gasteiger charge is -2.16. The highest BCUT2D eigenvalue weighted by Gasteiger charge is 2.17. The van der Waals surface area contributed by atoms with E-state index in [9.17, 15) is 5.11 Å². The lowest BCUT2D eigenvalue weighted by atomic mass is 10.0. The fourth-order valence-electron chi connectivity index (χ4n) is 1.99. The molecule has 1 N–H and O–H groups in total. The molecule has 0 saturated carbocycles. The molecule has 0 radical (unpaired) electrons. The number of nitrogens with zero attached hydrogens (tertiary/aromatic N) is 1. The number of hydrogen-bond acceptors (Lipinski definition) is 2. The van der Waals surface area contributed by atoms with Crippen LogP contribution in [0.2, 0.25) is 0 Å². The van der Waals surface area contributed by atoms with Crippen molar-refractivity contribution in [3.63, 3.8) is 0 Å². The van der Waals surface area contributed by atoms with Crippen molar-refractivity contribution in [3.8, 4) is 5.75 Å². The van der Waals surface area contributed by atoms with Gasteiger partial charge in [0, 0.05) is 18.8 Å². The molecular weight excluding hydrogens is 214 g/mol. The van der Waals surface area contributed by atoms with Gasteiger partial charge in [0.2, 0.25) is 0 Å². The third-order valence-corrected chi connectivity index (χ3v) is 2.94. The van der Waals surface area contributed by atoms with Gasteiger partial charge in [-0.2, -0.15) is 0 Å². The van der Waals surface area contributed by atoms with E-state index in [1.54, 1.807) is 7.11 Å². The third kappa shape index (κ3) is 2.19. The van der Waals surface area contributed by atoms with Gasteiger partial charge < -0.3 is 14.4 Å². The molecule has 1 atom stereocenters. The molecule has 1 aromatic carbocycles. The zero-order valence-corrected chi connectivity index (χ0v) is 10.3. The standard InChI is InChI=1S/C14H17NO2/c1-10-6-7-13(17-3)11(9-10)14(16)12-5-4-8-15(12)2/h4-9,14,16H,1-3H3. The minimum Gasteiger partial charge on any atom is -0.496 e. The summed E-state index contributed by atoms with van der Waals surface area (Å²) in [7, 11) is 3.53. The molecule has 0 saturated heterocycles. The van der Waals surface area contributed by atoms with Gasteiger partial charge in [-0.1, -0.05) is 11.6 Å². The first-order chi connectivity index (χ1) is 8.13. The molecule has 90 valence electrons. The molecule has 0 fully saturated rings. The van der Waals surface area contributed by atoms with Gasteiger partial charge in [0.15, 0.2) is 0 Å². The Balaban J connectivity index is 2.46. The molecule has 0 aliphatic rings. The summed E-state index contributed by atoms with van der Waals surface area (Å²) >= 11 is 0. The summed E-state index contributed by atoms with van der Waals surface area (Å²) in [6.45, 7) is 2.00. The molecule has 2 aromatic rings. The number of aryl methyl sites for hydroxylation is 2. The van der Waals surface area contributed by atoms with E-state index < -0.39 is 6.10 Å². The summed E-state index contributed by atoms with van der Waals surface area (Å²) in [6.07, 6.45) is 1.26. The smallest absolute Gasteiger partial charge is 0.125 e. The molecular formula is C14H17NO2. The molecule has 1 heterocycles. The summed E-state index contributed by atoms with van der Waals surface area (Å²) in [5, 5.41) is 10.4. The van der Waals surface area contributed by atoms with E-state index in [-0.39, 0.29) is 0 Å². The van der Waals surface area contributed by atoms with Crippen LogP contribution in [-0.4, -0.2) is 16.8 Å². The molecule has 0 amide bonds. The van der Waals surface area contributed by atoms with Crippen molar-refractivity contribution in [1.82, 2.24) is 4.57 Å². The lowest BCUT2D eigenvalue weighted by Crippen LogP contribution is -2.07. The number of aliphatic hydroxyl groups is 1. The number of benzene rings is 1. The van der Waals surface area contributed by atoms with Crippen LogP contribution >= 0.6 is 0 Å². The molecule has 3 heteroatoms. The van der Waals surface area contributed by atoms with E-state index in [4.69, 9.17) is 4.74 Å². The van der Waals surface area contributed by atoms with Gasteiger partial charge in [-0.25, -0.2) is 0 Å². The average molecular weight is 231 g/mol. The number of aromatic nitrogens is 1. The van der Waals surface area contributed by atoms with Gasteiger partial charge in [-0.05, 0) is 31.2 Å². The predicted molar refractivity (Wildman–Crippen MR) is 67.2 cm³/mol. The van der Waals surface area contributed by atoms with Crippen LogP contribution in [0.25, 0.3) is 0 Å². The van der Waals surface area contributed by atoms with Gasteiger partial charge in [-0.3, -0.25) is 0 Å². The Hall–Kier alpha value is -1.74. The van der Waals surface area contributed by atoms with E-state index in [0.717, 1.165) is 16.8 Å². The van der Waals surface area contributed by atoms with Crippen LogP contribution in [0.5, 0.6) is 5.75 Å². The van der Waals surface area contributed by atoms with Crippen molar-refractivity contribution < 1.29 is 9.84 Å². The molecule has 0 aliphatic carbocycles. The summed E-state index contributed by atoms with van der Waals surface area (Å²) in [5.74, 6) is 0.712. The van der Waals surface area contributed by atoms with Crippen molar-refractivity contribution in [2.24, 2.45) is 7.05 Å². The Bertz CT molecular complexity index is 517. The first kappa shape index (κ1) is 11.7. The molecule has 3 nitrogen and oxygen atoms in total. The maximum atomic E-state index is 10.4. The van der Waals surface area contributed by atoms with Crippen molar-refractivity contribution >= 4 is 0 Å². The van der Waals surface area contributed by atoms with Crippen LogP contribution < -0.4 is 4.74 Å². The zero-order chi connectivity index (χ0) is 12.4. The predicted octanol–water partition coefficient (Wildman–Crippen LogP) is 2.42. The van der Waals surface area contributed by atoms with Crippen LogP contribution in [0.4, 0.5) is 0 Å². The van der Waals surface area contributed by atoms with Crippen LogP contribution in [0.1, 0.15) is 22.9 Å². The van der Waals surface area contributed by atoms with Crippen LogP contribution in [0.3, 0.4) is 0 Å². The highest BCUT2D eigenvalue weighted by Crippen LogP contribution is 2.30. The number of aliphatic hydroxyl groups excluding tert-OH is 1. The fourth-order valence-corrected chi connectivity index (χ4v) is 1.99. The quantitative estimate of drug-likeness (QED) is 0.880. The third-order valence-electron chi connectivity index (χ3n) is 2.94. The summed E-state index contributed by atoms with van der Waals surface area (Å²) < 4.78 is 7.20. The number of ether oxygens (including phenoxy) is 1. The second-order valence-corrected chi connectivity index (χ2v) is 4.19. The molecule has 0 spiro atoms. The molecule has 0 aliphatic heterocycles. The van der Waals surface area contributed by atoms with E-state index in [1.807, 2.05) is 55.1 Å². The van der Waals surface area contributed by atoms with Gasteiger partial charge in [0.05, 0.1) is 12.8 Å². The highest BCUT2D eigenvalue weighted by molar-refractivity contribution is 5.41. The minimum absolute atomic E-state index is 0.662. The zero-order valence-electron chi connectivity index (χ0n) is 10.3. The first-order valence-electron chi connectivity index (χ1n) is 5.57. The molecule has 17 heavy (non-hydrogen) atoms. The normalized spacial score (nSPS) is 12.5. The molecule has 1 aromatic heterocycles. The van der Waals surface area contributed by atoms with Crippen molar-refractivity contribution in [2.75, 3.05) is 7.11 Å². The summed E-state index contributed by atoms with van der Waals surface area (Å²) in [4.78, 5) is 0. The first-order valence-corrected chi connectivity index (χ1v) is 5.57. The second kappa shape index (κ2) is 4.63. The average Bonchev–Trinajstić information content (AvgIpc) is 2.74. The van der Waals surface area contributed by atoms with E-state index in [0.29, 0.717) is 5.75 Å². The second-order valence-electron chi connectivity index (χ2n) is 4.19. The number of methoxy groups -OCH3 is 1. The Morgan fingerprint density at radius 1 is 1.29 bits per heavy atom. The lowest BCUT2D eigenvalue weighted by molar-refractivity contribution is 0.206. The minimum atomic E-state index is -0.662. The van der Waals surface area contributed by atoms with E-state index in [1.165, 1.54) is 0 Å². The maximum Gasteiger partial charge on any atom is 0.125 e. The van der Waals surface area contributed by atoms with Crippen LogP contribution in [0, 0.1) is 6.92 Å². The number of hydrogen-bond donors (Lipinski definition) is 1. The highest BCUT2D eigenvalue weighted by atomic mass is 16.5. The Morgan fingerprint density at radius 2 is 2.06 bits per heavy atom. The molecule has 0 bridgehead atoms. The van der Waals surface area contributed by atoms with Crippen LogP contribution in [0.15, 0.2) is 36.5 Å². The van der Waals surface area contributed by atoms with Gasteiger partial charge >= 0.3 is 0 Å². The van der Waals surface area contributed by atoms with E-state index in [2.05, 4.69) is 0 Å². The largest absolute Gasteiger partial charge is 0.496 e. The van der Waals surface area contributed by atoms with Gasteiger partial charge in [-0.15, -0.1) is 0 Å². The Kier molecular flexibility index (Phi) is 3.20. The fraction of sp³-hybridized carbons (Fsp3) is 0.286. The maximum absolute atomic E-state index is 10.4. The number of rotatable bonds is 3. The van der Waals surface area contributed by atoms with Gasteiger partial charge in [0.25, 0.3) is 0 Å². The van der Waals surface area contributed by atoms with Crippen molar-refractivity contribution in [3.05, 3.63) is 53.3 Å². The Morgan fingerprint density at radius 3 is 2.65 bits per heavy atom.